The monoisotopic (exact) mass is 283 g/mol. The van der Waals surface area contributed by atoms with E-state index in [0.717, 1.165) is 6.04 Å². The Morgan fingerprint density at radius 2 is 1.65 bits per heavy atom. The number of likely N-dealkylation sites (N-methyl/N-ethyl adjacent to an activating group) is 1. The van der Waals surface area contributed by atoms with Crippen molar-refractivity contribution in [3.63, 3.8) is 0 Å². The molecule has 0 spiro atoms. The Labute approximate surface area is 127 Å². The largest absolute Gasteiger partial charge is 0.312 e. The highest BCUT2D eigenvalue weighted by Crippen LogP contribution is 2.23. The summed E-state index contributed by atoms with van der Waals surface area (Å²) in [5.74, 6) is 0. The Morgan fingerprint density at radius 1 is 0.900 bits per heavy atom. The van der Waals surface area contributed by atoms with Gasteiger partial charge in [-0.15, -0.1) is 0 Å². The second kappa shape index (κ2) is 10.6. The number of nitrogens with zero attached hydrogens (tertiary/aromatic N) is 2. The Bertz CT molecular complexity index is 230. The molecule has 0 aromatic heterocycles. The maximum atomic E-state index is 3.83. The van der Waals surface area contributed by atoms with Crippen LogP contribution in [0.4, 0.5) is 0 Å². The molecule has 2 atom stereocenters. The molecule has 1 fully saturated rings. The van der Waals surface area contributed by atoms with Crippen LogP contribution in [0.25, 0.3) is 0 Å². The van der Waals surface area contributed by atoms with Crippen LogP contribution in [0.2, 0.25) is 0 Å². The first-order valence-corrected chi connectivity index (χ1v) is 8.81. The minimum absolute atomic E-state index is 0.714. The SMILES string of the molecule is CCCNC1CCCCCC1N(CCC)CCN(C)C. The van der Waals surface area contributed by atoms with Crippen molar-refractivity contribution in [2.45, 2.75) is 70.9 Å². The molecule has 1 rings (SSSR count). The normalized spacial score (nSPS) is 24.3. The van der Waals surface area contributed by atoms with Gasteiger partial charge in [-0.1, -0.05) is 33.1 Å². The third kappa shape index (κ3) is 6.55. The van der Waals surface area contributed by atoms with Crippen molar-refractivity contribution in [2.24, 2.45) is 0 Å². The fourth-order valence-corrected chi connectivity index (χ4v) is 3.35. The second-order valence-electron chi connectivity index (χ2n) is 6.61. The van der Waals surface area contributed by atoms with Gasteiger partial charge in [-0.05, 0) is 52.9 Å². The lowest BCUT2D eigenvalue weighted by Gasteiger charge is -2.37. The van der Waals surface area contributed by atoms with E-state index in [1.54, 1.807) is 0 Å². The van der Waals surface area contributed by atoms with Crippen molar-refractivity contribution >= 4 is 0 Å². The predicted molar refractivity (Wildman–Crippen MR) is 89.4 cm³/mol. The molecule has 1 saturated carbocycles. The topological polar surface area (TPSA) is 18.5 Å². The molecule has 0 heterocycles. The second-order valence-corrected chi connectivity index (χ2v) is 6.61. The van der Waals surface area contributed by atoms with Crippen LogP contribution in [-0.4, -0.2) is 62.2 Å². The molecular formula is C17H37N3. The Hall–Kier alpha value is -0.120. The zero-order valence-corrected chi connectivity index (χ0v) is 14.3. The molecule has 120 valence electrons. The molecule has 3 nitrogen and oxygen atoms in total. The Balaban J connectivity index is 2.64. The van der Waals surface area contributed by atoms with Gasteiger partial charge >= 0.3 is 0 Å². The number of rotatable bonds is 9. The number of nitrogens with one attached hydrogen (secondary N) is 1. The van der Waals surface area contributed by atoms with Gasteiger partial charge in [0, 0.05) is 25.2 Å². The summed E-state index contributed by atoms with van der Waals surface area (Å²) in [6.45, 7) is 9.41. The standard InChI is InChI=1S/C17H37N3/c1-5-12-18-16-10-8-7-9-11-17(16)20(13-6-2)15-14-19(3)4/h16-18H,5-15H2,1-4H3. The van der Waals surface area contributed by atoms with Gasteiger partial charge in [0.2, 0.25) is 0 Å². The van der Waals surface area contributed by atoms with Gasteiger partial charge in [0.1, 0.15) is 0 Å². The molecule has 0 aromatic carbocycles. The van der Waals surface area contributed by atoms with Crippen molar-refractivity contribution in [3.05, 3.63) is 0 Å². The summed E-state index contributed by atoms with van der Waals surface area (Å²) >= 11 is 0. The molecule has 0 bridgehead atoms. The minimum Gasteiger partial charge on any atom is -0.312 e. The first-order chi connectivity index (χ1) is 9.69. The molecule has 0 aromatic rings. The van der Waals surface area contributed by atoms with Crippen molar-refractivity contribution in [1.82, 2.24) is 15.1 Å². The van der Waals surface area contributed by atoms with E-state index in [1.165, 1.54) is 71.1 Å². The predicted octanol–water partition coefficient (Wildman–Crippen LogP) is 2.96. The fraction of sp³-hybridized carbons (Fsp3) is 1.00. The zero-order valence-electron chi connectivity index (χ0n) is 14.3. The molecule has 1 aliphatic carbocycles. The highest BCUT2D eigenvalue weighted by molar-refractivity contribution is 4.87. The summed E-state index contributed by atoms with van der Waals surface area (Å²) in [6.07, 6.45) is 9.51. The van der Waals surface area contributed by atoms with E-state index < -0.39 is 0 Å². The Morgan fingerprint density at radius 3 is 2.30 bits per heavy atom. The lowest BCUT2D eigenvalue weighted by atomic mass is 10.0. The van der Waals surface area contributed by atoms with Crippen LogP contribution >= 0.6 is 0 Å². The smallest absolute Gasteiger partial charge is 0.0249 e. The van der Waals surface area contributed by atoms with E-state index in [2.05, 4.69) is 43.1 Å². The first-order valence-electron chi connectivity index (χ1n) is 8.81. The molecule has 2 unspecified atom stereocenters. The molecule has 3 heteroatoms. The molecule has 1 N–H and O–H groups in total. The summed E-state index contributed by atoms with van der Waals surface area (Å²) in [5.41, 5.74) is 0. The Kier molecular flexibility index (Phi) is 9.49. The summed E-state index contributed by atoms with van der Waals surface area (Å²) in [5, 5.41) is 3.83. The number of hydrogen-bond donors (Lipinski definition) is 1. The van der Waals surface area contributed by atoms with E-state index in [4.69, 9.17) is 0 Å². The van der Waals surface area contributed by atoms with Crippen molar-refractivity contribution < 1.29 is 0 Å². The third-order valence-corrected chi connectivity index (χ3v) is 4.45. The van der Waals surface area contributed by atoms with Crippen LogP contribution in [-0.2, 0) is 0 Å². The average Bonchev–Trinajstić information content (AvgIpc) is 2.66. The maximum Gasteiger partial charge on any atom is 0.0249 e. The minimum atomic E-state index is 0.714. The van der Waals surface area contributed by atoms with Crippen molar-refractivity contribution in [1.29, 1.82) is 0 Å². The van der Waals surface area contributed by atoms with Gasteiger partial charge in [0.15, 0.2) is 0 Å². The van der Waals surface area contributed by atoms with Gasteiger partial charge in [-0.25, -0.2) is 0 Å². The van der Waals surface area contributed by atoms with Crippen LogP contribution < -0.4 is 5.32 Å². The molecule has 20 heavy (non-hydrogen) atoms. The van der Waals surface area contributed by atoms with Crippen LogP contribution in [0.5, 0.6) is 0 Å². The van der Waals surface area contributed by atoms with E-state index in [1.807, 2.05) is 0 Å². The lowest BCUT2D eigenvalue weighted by molar-refractivity contribution is 0.136. The van der Waals surface area contributed by atoms with E-state index in [0.29, 0.717) is 6.04 Å². The van der Waals surface area contributed by atoms with Crippen LogP contribution in [0.1, 0.15) is 58.8 Å². The fourth-order valence-electron chi connectivity index (χ4n) is 3.35. The molecule has 0 saturated heterocycles. The highest BCUT2D eigenvalue weighted by atomic mass is 15.2. The van der Waals surface area contributed by atoms with Crippen LogP contribution in [0, 0.1) is 0 Å². The van der Waals surface area contributed by atoms with Crippen LogP contribution in [0.3, 0.4) is 0 Å². The van der Waals surface area contributed by atoms with Gasteiger partial charge in [0.25, 0.3) is 0 Å². The summed E-state index contributed by atoms with van der Waals surface area (Å²) in [7, 11) is 4.37. The zero-order chi connectivity index (χ0) is 14.8. The van der Waals surface area contributed by atoms with Gasteiger partial charge in [-0.2, -0.15) is 0 Å². The molecule has 0 aliphatic heterocycles. The van der Waals surface area contributed by atoms with E-state index >= 15 is 0 Å². The van der Waals surface area contributed by atoms with E-state index in [9.17, 15) is 0 Å². The van der Waals surface area contributed by atoms with Gasteiger partial charge < -0.3 is 10.2 Å². The van der Waals surface area contributed by atoms with Crippen LogP contribution in [0.15, 0.2) is 0 Å². The molecular weight excluding hydrogens is 246 g/mol. The summed E-state index contributed by atoms with van der Waals surface area (Å²) in [6, 6.07) is 1.47. The quantitative estimate of drug-likeness (QED) is 0.656. The highest BCUT2D eigenvalue weighted by Gasteiger charge is 2.27. The number of hydrogen-bond acceptors (Lipinski definition) is 3. The van der Waals surface area contributed by atoms with Crippen molar-refractivity contribution in [3.8, 4) is 0 Å². The van der Waals surface area contributed by atoms with Crippen molar-refractivity contribution in [2.75, 3.05) is 40.3 Å². The first kappa shape index (κ1) is 17.9. The third-order valence-electron chi connectivity index (χ3n) is 4.45. The summed E-state index contributed by atoms with van der Waals surface area (Å²) < 4.78 is 0. The molecule has 1 aliphatic rings. The maximum absolute atomic E-state index is 3.83. The van der Waals surface area contributed by atoms with Gasteiger partial charge in [0.05, 0.1) is 0 Å². The van der Waals surface area contributed by atoms with E-state index in [-0.39, 0.29) is 0 Å². The van der Waals surface area contributed by atoms with Gasteiger partial charge in [-0.3, -0.25) is 4.90 Å². The lowest BCUT2D eigenvalue weighted by Crippen LogP contribution is -2.51. The average molecular weight is 284 g/mol. The summed E-state index contributed by atoms with van der Waals surface area (Å²) in [4.78, 5) is 5.08. The molecule has 0 radical (unpaired) electrons. The molecule has 0 amide bonds.